The Morgan fingerprint density at radius 3 is 1.88 bits per heavy atom. The molecule has 1 aliphatic heterocycles. The van der Waals surface area contributed by atoms with Crippen molar-refractivity contribution >= 4 is 80.1 Å². The van der Waals surface area contributed by atoms with E-state index < -0.39 is 0 Å². The van der Waals surface area contributed by atoms with Gasteiger partial charge >= 0.3 is 0 Å². The molecule has 49 heavy (non-hydrogen) atoms. The van der Waals surface area contributed by atoms with E-state index >= 15 is 0 Å². The van der Waals surface area contributed by atoms with Gasteiger partial charge in [0.05, 0.1) is 0 Å². The van der Waals surface area contributed by atoms with Crippen LogP contribution in [-0.4, -0.2) is 0 Å². The Labute approximate surface area is 293 Å². The number of fused-ring (bicyclic) bond motifs is 9. The molecule has 7 aromatic carbocycles. The average Bonchev–Trinajstić information content (AvgIpc) is 3.71. The zero-order valence-electron chi connectivity index (χ0n) is 27.1. The summed E-state index contributed by atoms with van der Waals surface area (Å²) in [6.45, 7) is 4.63. The first-order chi connectivity index (χ1) is 24.0. The summed E-state index contributed by atoms with van der Waals surface area (Å²) in [5.41, 5.74) is 7.95. The molecule has 0 bridgehead atoms. The van der Waals surface area contributed by atoms with Crippen LogP contribution in [0.2, 0.25) is 0 Å². The van der Waals surface area contributed by atoms with Crippen LogP contribution in [0.1, 0.15) is 25.0 Å². The van der Waals surface area contributed by atoms with E-state index in [-0.39, 0.29) is 5.41 Å². The number of benzene rings is 7. The zero-order valence-corrected chi connectivity index (χ0v) is 28.7. The second-order valence-electron chi connectivity index (χ2n) is 13.3. The summed E-state index contributed by atoms with van der Waals surface area (Å²) in [6.07, 6.45) is 0. The van der Waals surface area contributed by atoms with Crippen LogP contribution in [-0.2, 0) is 5.41 Å². The Morgan fingerprint density at radius 2 is 1.06 bits per heavy atom. The smallest absolute Gasteiger partial charge is 0.140 e. The lowest BCUT2D eigenvalue weighted by Gasteiger charge is -2.35. The summed E-state index contributed by atoms with van der Waals surface area (Å²) in [6, 6.07) is 55.0. The highest BCUT2D eigenvalue weighted by Gasteiger charge is 2.36. The zero-order chi connectivity index (χ0) is 32.7. The molecule has 3 heterocycles. The molecule has 4 heteroatoms. The topological polar surface area (TPSA) is 12.5 Å². The van der Waals surface area contributed by atoms with Crippen molar-refractivity contribution in [1.82, 2.24) is 0 Å². The number of rotatable bonds is 4. The van der Waals surface area contributed by atoms with Gasteiger partial charge in [-0.2, -0.15) is 0 Å². The second-order valence-corrected chi connectivity index (χ2v) is 15.5. The molecule has 0 amide bonds. The van der Waals surface area contributed by atoms with Crippen LogP contribution < -0.4 is 9.64 Å². The Morgan fingerprint density at radius 1 is 0.469 bits per heavy atom. The third-order valence-electron chi connectivity index (χ3n) is 10.1. The van der Waals surface area contributed by atoms with Gasteiger partial charge in [-0.25, -0.2) is 0 Å². The first-order valence-electron chi connectivity index (χ1n) is 16.7. The summed E-state index contributed by atoms with van der Waals surface area (Å²) in [7, 11) is 0. The maximum Gasteiger partial charge on any atom is 0.140 e. The van der Waals surface area contributed by atoms with Crippen molar-refractivity contribution in [1.29, 1.82) is 0 Å². The van der Waals surface area contributed by atoms with E-state index in [0.717, 1.165) is 39.7 Å². The van der Waals surface area contributed by atoms with Crippen molar-refractivity contribution in [2.24, 2.45) is 0 Å². The van der Waals surface area contributed by atoms with Crippen LogP contribution in [0.5, 0.6) is 11.5 Å². The fourth-order valence-electron chi connectivity index (χ4n) is 7.62. The van der Waals surface area contributed by atoms with Gasteiger partial charge in [0.2, 0.25) is 0 Å². The average molecular weight is 666 g/mol. The molecule has 234 valence electrons. The number of anilines is 3. The molecular weight excluding hydrogens is 635 g/mol. The van der Waals surface area contributed by atoms with Gasteiger partial charge in [-0.15, -0.1) is 22.7 Å². The number of hydrogen-bond acceptors (Lipinski definition) is 4. The van der Waals surface area contributed by atoms with Crippen molar-refractivity contribution in [3.8, 4) is 22.6 Å². The maximum atomic E-state index is 6.89. The molecule has 0 saturated heterocycles. The van der Waals surface area contributed by atoms with E-state index in [1.807, 2.05) is 22.7 Å². The van der Waals surface area contributed by atoms with Gasteiger partial charge in [0, 0.05) is 73.9 Å². The lowest BCUT2D eigenvalue weighted by molar-refractivity contribution is 0.423. The second kappa shape index (κ2) is 10.8. The number of thiophene rings is 2. The molecule has 1 aliphatic rings. The molecule has 0 fully saturated rings. The van der Waals surface area contributed by atoms with Crippen molar-refractivity contribution in [3.05, 3.63) is 163 Å². The van der Waals surface area contributed by atoms with E-state index in [2.05, 4.69) is 170 Å². The van der Waals surface area contributed by atoms with Crippen LogP contribution in [0.25, 0.3) is 51.5 Å². The van der Waals surface area contributed by atoms with Gasteiger partial charge in [-0.05, 0) is 77.9 Å². The first-order valence-corrected chi connectivity index (χ1v) is 18.3. The Kier molecular flexibility index (Phi) is 6.30. The highest BCUT2D eigenvalue weighted by atomic mass is 32.1. The molecule has 0 N–H and O–H groups in total. The van der Waals surface area contributed by atoms with Gasteiger partial charge in [0.25, 0.3) is 0 Å². The Balaban J connectivity index is 1.05. The van der Waals surface area contributed by atoms with E-state index in [4.69, 9.17) is 4.74 Å². The molecule has 0 unspecified atom stereocenters. The molecule has 9 aromatic rings. The number of hydrogen-bond donors (Lipinski definition) is 0. The predicted octanol–water partition coefficient (Wildman–Crippen LogP) is 14.0. The molecule has 0 radical (unpaired) electrons. The van der Waals surface area contributed by atoms with E-state index in [1.165, 1.54) is 51.5 Å². The lowest BCUT2D eigenvalue weighted by Crippen LogP contribution is -2.24. The molecule has 2 aromatic heterocycles. The SMILES string of the molecule is CC1(C)c2ccc(-c3ccc(N(c4ccccc4)c4ccc5sc6ccccc6c5c4)cc3)cc2Oc2c1ccc1sc3ccccc3c21. The van der Waals surface area contributed by atoms with Crippen molar-refractivity contribution in [3.63, 3.8) is 0 Å². The number of nitrogens with zero attached hydrogens (tertiary/aromatic N) is 1. The summed E-state index contributed by atoms with van der Waals surface area (Å²) in [5.74, 6) is 1.93. The standard InChI is InChI=1S/C45H31NOS2/c1-45(2)36-22-18-29(26-38(36)47-44-37(45)23-25-42-43(44)34-13-7-9-15-40(34)49-42)28-16-19-31(20-17-28)46(30-10-4-3-5-11-30)32-21-24-41-35(27-32)33-12-6-8-14-39(33)48-41/h3-27H,1-2H3. The minimum Gasteiger partial charge on any atom is -0.456 e. The van der Waals surface area contributed by atoms with Crippen LogP contribution in [0.15, 0.2) is 152 Å². The van der Waals surface area contributed by atoms with Crippen LogP contribution in [0.3, 0.4) is 0 Å². The highest BCUT2D eigenvalue weighted by molar-refractivity contribution is 7.26. The molecule has 0 saturated carbocycles. The summed E-state index contributed by atoms with van der Waals surface area (Å²) in [5, 5.41) is 5.09. The molecule has 2 nitrogen and oxygen atoms in total. The molecule has 10 rings (SSSR count). The number of para-hydroxylation sites is 1. The Bertz CT molecular complexity index is 2720. The summed E-state index contributed by atoms with van der Waals surface area (Å²) >= 11 is 3.69. The van der Waals surface area contributed by atoms with Gasteiger partial charge in [0.15, 0.2) is 0 Å². The molecular formula is C45H31NOS2. The predicted molar refractivity (Wildman–Crippen MR) is 211 cm³/mol. The van der Waals surface area contributed by atoms with Crippen molar-refractivity contribution < 1.29 is 4.74 Å². The van der Waals surface area contributed by atoms with Crippen LogP contribution in [0, 0.1) is 0 Å². The summed E-state index contributed by atoms with van der Waals surface area (Å²) < 4.78 is 12.1. The molecule has 0 atom stereocenters. The van der Waals surface area contributed by atoms with Gasteiger partial charge in [0.1, 0.15) is 11.5 Å². The van der Waals surface area contributed by atoms with Crippen LogP contribution in [0.4, 0.5) is 17.1 Å². The van der Waals surface area contributed by atoms with Crippen molar-refractivity contribution in [2.45, 2.75) is 19.3 Å². The van der Waals surface area contributed by atoms with E-state index in [9.17, 15) is 0 Å². The van der Waals surface area contributed by atoms with Gasteiger partial charge in [-0.1, -0.05) is 98.8 Å². The molecule has 0 spiro atoms. The quantitative estimate of drug-likeness (QED) is 0.185. The third-order valence-corrected chi connectivity index (χ3v) is 12.4. The van der Waals surface area contributed by atoms with Crippen molar-refractivity contribution in [2.75, 3.05) is 4.90 Å². The van der Waals surface area contributed by atoms with E-state index in [1.54, 1.807) is 0 Å². The third kappa shape index (κ3) is 4.45. The van der Waals surface area contributed by atoms with Crippen LogP contribution >= 0.6 is 22.7 Å². The van der Waals surface area contributed by atoms with Gasteiger partial charge < -0.3 is 9.64 Å². The monoisotopic (exact) mass is 665 g/mol. The lowest BCUT2D eigenvalue weighted by atomic mass is 9.75. The van der Waals surface area contributed by atoms with Gasteiger partial charge in [-0.3, -0.25) is 0 Å². The summed E-state index contributed by atoms with van der Waals surface area (Å²) in [4.78, 5) is 2.35. The first kappa shape index (κ1) is 28.6. The fraction of sp³-hybridized carbons (Fsp3) is 0.0667. The largest absolute Gasteiger partial charge is 0.456 e. The Hall–Kier alpha value is -5.42. The minimum absolute atomic E-state index is 0.187. The molecule has 0 aliphatic carbocycles. The highest BCUT2D eigenvalue weighted by Crippen LogP contribution is 2.53. The fourth-order valence-corrected chi connectivity index (χ4v) is 9.81. The minimum atomic E-state index is -0.187. The maximum absolute atomic E-state index is 6.89. The normalized spacial score (nSPS) is 13.4. The van der Waals surface area contributed by atoms with E-state index in [0.29, 0.717) is 0 Å². The number of ether oxygens (including phenoxy) is 1.